The number of amides is 1. The van der Waals surface area contributed by atoms with Gasteiger partial charge in [0.2, 0.25) is 5.91 Å². The van der Waals surface area contributed by atoms with Crippen LogP contribution < -0.4 is 5.32 Å². The Hall–Kier alpha value is -1.10. The molecule has 0 radical (unpaired) electrons. The minimum absolute atomic E-state index is 0.0691. The van der Waals surface area contributed by atoms with Crippen LogP contribution in [0.1, 0.15) is 52.9 Å². The summed E-state index contributed by atoms with van der Waals surface area (Å²) in [7, 11) is 0. The average molecular weight is 284 g/mol. The van der Waals surface area contributed by atoms with E-state index in [0.717, 1.165) is 19.6 Å². The molecule has 2 N–H and O–H groups in total. The monoisotopic (exact) mass is 284 g/mol. The molecule has 1 atom stereocenters. The molecule has 0 aromatic carbocycles. The van der Waals surface area contributed by atoms with Gasteiger partial charge in [-0.3, -0.25) is 9.59 Å². The summed E-state index contributed by atoms with van der Waals surface area (Å²) >= 11 is 0. The van der Waals surface area contributed by atoms with E-state index < -0.39 is 11.4 Å². The molecular weight excluding hydrogens is 256 g/mol. The van der Waals surface area contributed by atoms with E-state index in [-0.39, 0.29) is 18.4 Å². The van der Waals surface area contributed by atoms with E-state index in [4.69, 9.17) is 0 Å². The molecule has 1 unspecified atom stereocenters. The molecule has 1 heterocycles. The molecule has 5 nitrogen and oxygen atoms in total. The first kappa shape index (κ1) is 17.0. The summed E-state index contributed by atoms with van der Waals surface area (Å²) in [6.45, 7) is 8.70. The lowest BCUT2D eigenvalue weighted by Gasteiger charge is -2.27. The summed E-state index contributed by atoms with van der Waals surface area (Å²) in [5.41, 5.74) is -0.919. The van der Waals surface area contributed by atoms with Crippen LogP contribution in [0.15, 0.2) is 0 Å². The molecule has 116 valence electrons. The lowest BCUT2D eigenvalue weighted by atomic mass is 9.79. The SMILES string of the molecule is CCC(CC)(CC(=O)NC(C)CN1CCCC1)C(=O)O. The minimum Gasteiger partial charge on any atom is -0.481 e. The van der Waals surface area contributed by atoms with Crippen LogP contribution in [0.2, 0.25) is 0 Å². The summed E-state index contributed by atoms with van der Waals surface area (Å²) in [6.07, 6.45) is 3.49. The molecule has 20 heavy (non-hydrogen) atoms. The highest BCUT2D eigenvalue weighted by Crippen LogP contribution is 2.30. The summed E-state index contributed by atoms with van der Waals surface area (Å²) in [4.78, 5) is 25.8. The predicted octanol–water partition coefficient (Wildman–Crippen LogP) is 1.87. The van der Waals surface area contributed by atoms with Crippen molar-refractivity contribution >= 4 is 11.9 Å². The van der Waals surface area contributed by atoms with Gasteiger partial charge in [0.15, 0.2) is 0 Å². The zero-order valence-corrected chi connectivity index (χ0v) is 12.9. The zero-order valence-electron chi connectivity index (χ0n) is 12.9. The molecule has 1 amide bonds. The smallest absolute Gasteiger partial charge is 0.310 e. The fourth-order valence-electron chi connectivity index (χ4n) is 2.91. The number of nitrogens with one attached hydrogen (secondary N) is 1. The number of carboxylic acid groups (broad SMARTS) is 1. The van der Waals surface area contributed by atoms with Crippen LogP contribution in [-0.4, -0.2) is 47.6 Å². The van der Waals surface area contributed by atoms with Gasteiger partial charge in [0.25, 0.3) is 0 Å². The highest BCUT2D eigenvalue weighted by molar-refractivity contribution is 5.85. The normalized spacial score (nSPS) is 17.9. The third kappa shape index (κ3) is 4.47. The Morgan fingerprint density at radius 2 is 1.80 bits per heavy atom. The van der Waals surface area contributed by atoms with Crippen molar-refractivity contribution in [1.82, 2.24) is 10.2 Å². The second-order valence-electron chi connectivity index (χ2n) is 5.95. The summed E-state index contributed by atoms with van der Waals surface area (Å²) < 4.78 is 0. The maximum absolute atomic E-state index is 12.1. The van der Waals surface area contributed by atoms with E-state index in [0.29, 0.717) is 12.8 Å². The molecule has 0 saturated carbocycles. The molecular formula is C15H28N2O3. The first-order valence-electron chi connectivity index (χ1n) is 7.68. The van der Waals surface area contributed by atoms with Gasteiger partial charge in [-0.1, -0.05) is 13.8 Å². The topological polar surface area (TPSA) is 69.6 Å². The van der Waals surface area contributed by atoms with Gasteiger partial charge in [-0.15, -0.1) is 0 Å². The van der Waals surface area contributed by atoms with E-state index >= 15 is 0 Å². The maximum atomic E-state index is 12.1. The first-order valence-corrected chi connectivity index (χ1v) is 7.68. The summed E-state index contributed by atoms with van der Waals surface area (Å²) in [6, 6.07) is 0.0702. The van der Waals surface area contributed by atoms with Crippen molar-refractivity contribution in [3.8, 4) is 0 Å². The summed E-state index contributed by atoms with van der Waals surface area (Å²) in [5.74, 6) is -1.02. The fraction of sp³-hybridized carbons (Fsp3) is 0.867. The Balaban J connectivity index is 2.46. The van der Waals surface area contributed by atoms with Crippen LogP contribution in [0.3, 0.4) is 0 Å². The lowest BCUT2D eigenvalue weighted by molar-refractivity contribution is -0.152. The molecule has 0 aliphatic carbocycles. The van der Waals surface area contributed by atoms with Gasteiger partial charge >= 0.3 is 5.97 Å². The van der Waals surface area contributed by atoms with Crippen LogP contribution in [0, 0.1) is 5.41 Å². The van der Waals surface area contributed by atoms with Crippen LogP contribution in [0.25, 0.3) is 0 Å². The Morgan fingerprint density at radius 3 is 2.25 bits per heavy atom. The number of nitrogens with zero attached hydrogens (tertiary/aromatic N) is 1. The van der Waals surface area contributed by atoms with Crippen molar-refractivity contribution in [2.45, 2.75) is 58.9 Å². The van der Waals surface area contributed by atoms with E-state index in [9.17, 15) is 14.7 Å². The number of hydrogen-bond donors (Lipinski definition) is 2. The van der Waals surface area contributed by atoms with E-state index in [1.165, 1.54) is 12.8 Å². The molecule has 5 heteroatoms. The van der Waals surface area contributed by atoms with E-state index in [1.54, 1.807) is 0 Å². The Morgan fingerprint density at radius 1 is 1.25 bits per heavy atom. The Labute approximate surface area is 121 Å². The number of rotatable bonds is 8. The quantitative estimate of drug-likeness (QED) is 0.714. The van der Waals surface area contributed by atoms with E-state index in [2.05, 4.69) is 10.2 Å². The number of likely N-dealkylation sites (tertiary alicyclic amines) is 1. The van der Waals surface area contributed by atoms with Crippen molar-refractivity contribution in [1.29, 1.82) is 0 Å². The number of carbonyl (C=O) groups excluding carboxylic acids is 1. The second-order valence-corrected chi connectivity index (χ2v) is 5.95. The highest BCUT2D eigenvalue weighted by Gasteiger charge is 2.37. The molecule has 1 saturated heterocycles. The number of hydrogen-bond acceptors (Lipinski definition) is 3. The fourth-order valence-corrected chi connectivity index (χ4v) is 2.91. The molecule has 0 aromatic heterocycles. The predicted molar refractivity (Wildman–Crippen MR) is 78.5 cm³/mol. The standard InChI is InChI=1S/C15H28N2O3/c1-4-15(5-2,14(19)20)10-13(18)16-12(3)11-17-8-6-7-9-17/h12H,4-11H2,1-3H3,(H,16,18)(H,19,20). The molecule has 1 fully saturated rings. The molecule has 1 rings (SSSR count). The van der Waals surface area contributed by atoms with Gasteiger partial charge in [-0.05, 0) is 45.7 Å². The zero-order chi connectivity index (χ0) is 15.2. The minimum atomic E-state index is -0.919. The van der Waals surface area contributed by atoms with Gasteiger partial charge < -0.3 is 15.3 Å². The lowest BCUT2D eigenvalue weighted by Crippen LogP contribution is -2.44. The molecule has 0 aromatic rings. The van der Waals surface area contributed by atoms with E-state index in [1.807, 2.05) is 20.8 Å². The second kappa shape index (κ2) is 7.62. The van der Waals surface area contributed by atoms with Crippen molar-refractivity contribution in [3.63, 3.8) is 0 Å². The summed E-state index contributed by atoms with van der Waals surface area (Å²) in [5, 5.41) is 12.3. The highest BCUT2D eigenvalue weighted by atomic mass is 16.4. The first-order chi connectivity index (χ1) is 9.43. The maximum Gasteiger partial charge on any atom is 0.310 e. The van der Waals surface area contributed by atoms with Crippen LogP contribution in [0.4, 0.5) is 0 Å². The number of carboxylic acids is 1. The average Bonchev–Trinajstić information content (AvgIpc) is 2.88. The number of aliphatic carboxylic acids is 1. The molecule has 0 spiro atoms. The van der Waals surface area contributed by atoms with Crippen molar-refractivity contribution in [2.75, 3.05) is 19.6 Å². The largest absolute Gasteiger partial charge is 0.481 e. The van der Waals surface area contributed by atoms with Crippen molar-refractivity contribution in [3.05, 3.63) is 0 Å². The number of carbonyl (C=O) groups is 2. The molecule has 1 aliphatic heterocycles. The van der Waals surface area contributed by atoms with Crippen LogP contribution in [-0.2, 0) is 9.59 Å². The van der Waals surface area contributed by atoms with Crippen LogP contribution >= 0.6 is 0 Å². The van der Waals surface area contributed by atoms with Crippen LogP contribution in [0.5, 0.6) is 0 Å². The van der Waals surface area contributed by atoms with Gasteiger partial charge in [0.05, 0.1) is 5.41 Å². The Bertz CT molecular complexity index is 334. The van der Waals surface area contributed by atoms with Gasteiger partial charge in [0, 0.05) is 19.0 Å². The van der Waals surface area contributed by atoms with Crippen molar-refractivity contribution in [2.24, 2.45) is 5.41 Å². The third-order valence-electron chi connectivity index (χ3n) is 4.44. The van der Waals surface area contributed by atoms with Gasteiger partial charge in [0.1, 0.15) is 0 Å². The molecule has 1 aliphatic rings. The van der Waals surface area contributed by atoms with Gasteiger partial charge in [-0.25, -0.2) is 0 Å². The van der Waals surface area contributed by atoms with Crippen molar-refractivity contribution < 1.29 is 14.7 Å². The molecule has 0 bridgehead atoms. The Kier molecular flexibility index (Phi) is 6.46. The third-order valence-corrected chi connectivity index (χ3v) is 4.44. The van der Waals surface area contributed by atoms with Gasteiger partial charge in [-0.2, -0.15) is 0 Å².